The van der Waals surface area contributed by atoms with Crippen LogP contribution in [-0.4, -0.2) is 19.4 Å². The lowest BCUT2D eigenvalue weighted by atomic mass is 9.77. The van der Waals surface area contributed by atoms with E-state index in [0.29, 0.717) is 22.3 Å². The van der Waals surface area contributed by atoms with Crippen molar-refractivity contribution in [3.05, 3.63) is 88.0 Å². The van der Waals surface area contributed by atoms with Gasteiger partial charge < -0.3 is 0 Å². The van der Waals surface area contributed by atoms with E-state index in [1.165, 1.54) is 11.0 Å². The van der Waals surface area contributed by atoms with Crippen molar-refractivity contribution in [2.24, 2.45) is 0 Å². The van der Waals surface area contributed by atoms with Crippen LogP contribution in [0.3, 0.4) is 0 Å². The molecule has 3 heteroatoms. The fourth-order valence-corrected chi connectivity index (χ4v) is 4.44. The maximum atomic E-state index is 13.0. The first kappa shape index (κ1) is 15.3. The summed E-state index contributed by atoms with van der Waals surface area (Å²) in [6, 6.07) is 17.4. The molecule has 26 heavy (non-hydrogen) atoms. The van der Waals surface area contributed by atoms with Gasteiger partial charge in [-0.2, -0.15) is 0 Å². The summed E-state index contributed by atoms with van der Waals surface area (Å²) >= 11 is 0. The molecule has 2 nitrogen and oxygen atoms in total. The van der Waals surface area contributed by atoms with Crippen molar-refractivity contribution in [1.82, 2.24) is 0 Å². The average Bonchev–Trinajstić information content (AvgIpc) is 2.85. The molecular formula is C23H17BO2. The molecule has 0 aromatic heterocycles. The molecule has 0 fully saturated rings. The first-order valence-corrected chi connectivity index (χ1v) is 8.88. The standard InChI is InChI=1S/C23H17BO2/c1-23(2)19-9-12(24)7-8-13(19)16-10-17-18(11-20(16)23)22(26)15-6-4-3-5-14(15)21(17)25/h3-11H,24H2,1-2H3. The Hall–Kier alpha value is -2.94. The summed E-state index contributed by atoms with van der Waals surface area (Å²) in [4.78, 5) is 26.1. The summed E-state index contributed by atoms with van der Waals surface area (Å²) in [5, 5.41) is 0. The zero-order chi connectivity index (χ0) is 18.2. The largest absolute Gasteiger partial charge is 0.289 e. The minimum atomic E-state index is -0.188. The van der Waals surface area contributed by atoms with Gasteiger partial charge in [0.05, 0.1) is 0 Å². The summed E-state index contributed by atoms with van der Waals surface area (Å²) in [6.45, 7) is 4.37. The molecule has 0 unspecified atom stereocenters. The van der Waals surface area contributed by atoms with Crippen LogP contribution in [0.2, 0.25) is 0 Å². The van der Waals surface area contributed by atoms with Crippen molar-refractivity contribution in [2.45, 2.75) is 19.3 Å². The lowest BCUT2D eigenvalue weighted by molar-refractivity contribution is 0.0979. The van der Waals surface area contributed by atoms with Crippen LogP contribution < -0.4 is 5.46 Å². The van der Waals surface area contributed by atoms with E-state index in [-0.39, 0.29) is 17.0 Å². The van der Waals surface area contributed by atoms with Gasteiger partial charge in [-0.15, -0.1) is 0 Å². The van der Waals surface area contributed by atoms with E-state index in [1.807, 2.05) is 24.3 Å². The van der Waals surface area contributed by atoms with Gasteiger partial charge in [-0.25, -0.2) is 0 Å². The molecule has 3 aromatic rings. The Bertz CT molecular complexity index is 1150. The van der Waals surface area contributed by atoms with Crippen LogP contribution in [0, 0.1) is 0 Å². The minimum absolute atomic E-state index is 0.0547. The van der Waals surface area contributed by atoms with Crippen molar-refractivity contribution in [3.63, 3.8) is 0 Å². The van der Waals surface area contributed by atoms with Crippen molar-refractivity contribution in [2.75, 3.05) is 0 Å². The van der Waals surface area contributed by atoms with Gasteiger partial charge in [0.25, 0.3) is 0 Å². The number of hydrogen-bond donors (Lipinski definition) is 0. The minimum Gasteiger partial charge on any atom is -0.289 e. The number of ketones is 2. The monoisotopic (exact) mass is 336 g/mol. The van der Waals surface area contributed by atoms with E-state index in [0.717, 1.165) is 16.7 Å². The normalized spacial score (nSPS) is 15.9. The molecule has 5 rings (SSSR count). The average molecular weight is 336 g/mol. The van der Waals surface area contributed by atoms with Crippen LogP contribution in [0.5, 0.6) is 0 Å². The predicted octanol–water partition coefficient (Wildman–Crippen LogP) is 3.03. The number of benzene rings is 3. The van der Waals surface area contributed by atoms with Gasteiger partial charge in [0, 0.05) is 27.7 Å². The molecule has 3 aromatic carbocycles. The van der Waals surface area contributed by atoms with Gasteiger partial charge in [-0.1, -0.05) is 61.8 Å². The molecule has 0 spiro atoms. The third-order valence-corrected chi connectivity index (χ3v) is 5.88. The third kappa shape index (κ3) is 1.78. The lowest BCUT2D eigenvalue weighted by Crippen LogP contribution is -2.23. The molecule has 124 valence electrons. The summed E-state index contributed by atoms with van der Waals surface area (Å²) in [5.74, 6) is -0.114. The van der Waals surface area contributed by atoms with Gasteiger partial charge in [-0.05, 0) is 34.4 Å². The highest BCUT2D eigenvalue weighted by atomic mass is 16.1. The van der Waals surface area contributed by atoms with Crippen molar-refractivity contribution in [3.8, 4) is 11.1 Å². The molecule has 0 radical (unpaired) electrons. The highest BCUT2D eigenvalue weighted by molar-refractivity contribution is 6.32. The number of fused-ring (bicyclic) bond motifs is 5. The Morgan fingerprint density at radius 2 is 1.23 bits per heavy atom. The van der Waals surface area contributed by atoms with Crippen LogP contribution in [0.4, 0.5) is 0 Å². The maximum Gasteiger partial charge on any atom is 0.194 e. The molecular weight excluding hydrogens is 319 g/mol. The van der Waals surface area contributed by atoms with Gasteiger partial charge in [0.1, 0.15) is 7.85 Å². The van der Waals surface area contributed by atoms with Crippen molar-refractivity contribution >= 4 is 24.9 Å². The van der Waals surface area contributed by atoms with Crippen LogP contribution in [-0.2, 0) is 5.41 Å². The summed E-state index contributed by atoms with van der Waals surface area (Å²) in [5.41, 5.74) is 7.72. The van der Waals surface area contributed by atoms with Crippen LogP contribution >= 0.6 is 0 Å². The topological polar surface area (TPSA) is 34.1 Å². The highest BCUT2D eigenvalue weighted by Crippen LogP contribution is 2.49. The second kappa shape index (κ2) is 4.82. The van der Waals surface area contributed by atoms with E-state index in [9.17, 15) is 9.59 Å². The molecule has 0 amide bonds. The first-order valence-electron chi connectivity index (χ1n) is 8.88. The predicted molar refractivity (Wildman–Crippen MR) is 105 cm³/mol. The first-order chi connectivity index (χ1) is 12.4. The molecule has 0 bridgehead atoms. The molecule has 2 aliphatic rings. The molecule has 0 aliphatic heterocycles. The molecule has 0 atom stereocenters. The molecule has 0 saturated heterocycles. The van der Waals surface area contributed by atoms with Crippen LogP contribution in [0.1, 0.15) is 56.8 Å². The van der Waals surface area contributed by atoms with Crippen molar-refractivity contribution in [1.29, 1.82) is 0 Å². The van der Waals surface area contributed by atoms with Gasteiger partial charge in [-0.3, -0.25) is 9.59 Å². The Morgan fingerprint density at radius 3 is 1.88 bits per heavy atom. The number of hydrogen-bond acceptors (Lipinski definition) is 2. The molecule has 0 heterocycles. The van der Waals surface area contributed by atoms with Crippen molar-refractivity contribution < 1.29 is 9.59 Å². The van der Waals surface area contributed by atoms with E-state index in [1.54, 1.807) is 12.1 Å². The Kier molecular flexibility index (Phi) is 2.84. The van der Waals surface area contributed by atoms with Crippen LogP contribution in [0.15, 0.2) is 54.6 Å². The maximum absolute atomic E-state index is 13.0. The van der Waals surface area contributed by atoms with E-state index < -0.39 is 0 Å². The molecule has 0 saturated carbocycles. The Morgan fingerprint density at radius 1 is 0.654 bits per heavy atom. The van der Waals surface area contributed by atoms with Gasteiger partial charge in [0.2, 0.25) is 0 Å². The Balaban J connectivity index is 1.82. The van der Waals surface area contributed by atoms with Crippen LogP contribution in [0.25, 0.3) is 11.1 Å². The van der Waals surface area contributed by atoms with Gasteiger partial charge >= 0.3 is 0 Å². The fraction of sp³-hybridized carbons (Fsp3) is 0.130. The quantitative estimate of drug-likeness (QED) is 0.463. The lowest BCUT2D eigenvalue weighted by Gasteiger charge is -2.24. The number of carbonyl (C=O) groups is 2. The number of rotatable bonds is 0. The van der Waals surface area contributed by atoms with E-state index in [4.69, 9.17) is 0 Å². The fourth-order valence-electron chi connectivity index (χ4n) is 4.44. The summed E-state index contributed by atoms with van der Waals surface area (Å²) in [7, 11) is 2.09. The Labute approximate surface area is 153 Å². The van der Waals surface area contributed by atoms with E-state index in [2.05, 4.69) is 39.9 Å². The summed E-state index contributed by atoms with van der Waals surface area (Å²) < 4.78 is 0. The van der Waals surface area contributed by atoms with Gasteiger partial charge in [0.15, 0.2) is 11.6 Å². The SMILES string of the molecule is Bc1ccc2c(c1)C(C)(C)c1cc3c(cc1-2)C(=O)c1ccccc1C3=O. The second-order valence-corrected chi connectivity index (χ2v) is 7.82. The summed E-state index contributed by atoms with van der Waals surface area (Å²) in [6.07, 6.45) is 0. The molecule has 2 aliphatic carbocycles. The zero-order valence-electron chi connectivity index (χ0n) is 15.0. The third-order valence-electron chi connectivity index (χ3n) is 5.88. The molecule has 0 N–H and O–H groups in total. The highest BCUT2D eigenvalue weighted by Gasteiger charge is 2.39. The second-order valence-electron chi connectivity index (χ2n) is 7.82. The zero-order valence-corrected chi connectivity index (χ0v) is 15.0. The smallest absolute Gasteiger partial charge is 0.194 e. The number of carbonyl (C=O) groups excluding carboxylic acids is 2. The van der Waals surface area contributed by atoms with E-state index >= 15 is 0 Å².